The maximum absolute atomic E-state index is 11.3. The van der Waals surface area contributed by atoms with Crippen LogP contribution in [0.3, 0.4) is 0 Å². The van der Waals surface area contributed by atoms with Crippen LogP contribution in [0.5, 0.6) is 0 Å². The van der Waals surface area contributed by atoms with Gasteiger partial charge < -0.3 is 4.74 Å². The summed E-state index contributed by atoms with van der Waals surface area (Å²) in [6.07, 6.45) is 4.17. The Kier molecular flexibility index (Phi) is 3.42. The van der Waals surface area contributed by atoms with Gasteiger partial charge >= 0.3 is 0 Å². The Labute approximate surface area is 91.8 Å². The molecule has 0 amide bonds. The molecule has 0 aromatic rings. The second kappa shape index (κ2) is 4.62. The normalized spacial score (nSPS) is 38.5. The average Bonchev–Trinajstić information content (AvgIpc) is 2.66. The van der Waals surface area contributed by atoms with Crippen molar-refractivity contribution in [2.45, 2.75) is 44.8 Å². The van der Waals surface area contributed by atoms with Crippen molar-refractivity contribution in [3.05, 3.63) is 0 Å². The van der Waals surface area contributed by atoms with Crippen molar-refractivity contribution >= 4 is 5.78 Å². The van der Waals surface area contributed by atoms with Crippen LogP contribution in [0, 0.1) is 5.92 Å². The number of Topliss-reactive ketones (excluding diaryl/α,β-unsaturated/α-hetero) is 1. The number of carbonyl (C=O) groups excluding carboxylic acids is 1. The lowest BCUT2D eigenvalue weighted by molar-refractivity contribution is -0.117. The average molecular weight is 211 g/mol. The third-order valence-corrected chi connectivity index (χ3v) is 3.96. The number of carbonyl (C=O) groups is 1. The van der Waals surface area contributed by atoms with Gasteiger partial charge in [-0.25, -0.2) is 0 Å². The van der Waals surface area contributed by atoms with Crippen molar-refractivity contribution in [3.63, 3.8) is 0 Å². The van der Waals surface area contributed by atoms with Gasteiger partial charge in [-0.15, -0.1) is 0 Å². The number of methoxy groups -OCH3 is 1. The monoisotopic (exact) mass is 211 g/mol. The minimum absolute atomic E-state index is 0.356. The molecular formula is C12H21NO2. The zero-order valence-corrected chi connectivity index (χ0v) is 9.74. The first-order valence-corrected chi connectivity index (χ1v) is 5.99. The first kappa shape index (κ1) is 11.1. The molecule has 3 nitrogen and oxygen atoms in total. The lowest BCUT2D eigenvalue weighted by Crippen LogP contribution is -2.47. The summed E-state index contributed by atoms with van der Waals surface area (Å²) in [6.45, 7) is 4.40. The number of nitrogens with zero attached hydrogens (tertiary/aromatic N) is 1. The molecule has 15 heavy (non-hydrogen) atoms. The van der Waals surface area contributed by atoms with Crippen LogP contribution in [0.25, 0.3) is 0 Å². The van der Waals surface area contributed by atoms with E-state index in [0.717, 1.165) is 32.4 Å². The summed E-state index contributed by atoms with van der Waals surface area (Å²) in [5.74, 6) is 1.09. The summed E-state index contributed by atoms with van der Waals surface area (Å²) in [7, 11) is 1.80. The number of rotatable bonds is 2. The van der Waals surface area contributed by atoms with E-state index in [2.05, 4.69) is 11.8 Å². The Morgan fingerprint density at radius 1 is 1.40 bits per heavy atom. The predicted molar refractivity (Wildman–Crippen MR) is 58.8 cm³/mol. The lowest BCUT2D eigenvalue weighted by atomic mass is 9.94. The van der Waals surface area contributed by atoms with Gasteiger partial charge in [0.2, 0.25) is 0 Å². The Bertz CT molecular complexity index is 242. The van der Waals surface area contributed by atoms with E-state index in [1.54, 1.807) is 7.11 Å². The molecule has 86 valence electrons. The van der Waals surface area contributed by atoms with Crippen LogP contribution in [-0.4, -0.2) is 43.0 Å². The fourth-order valence-electron chi connectivity index (χ4n) is 2.80. The van der Waals surface area contributed by atoms with E-state index in [1.165, 1.54) is 6.42 Å². The minimum atomic E-state index is 0.356. The van der Waals surface area contributed by atoms with Gasteiger partial charge in [0.25, 0.3) is 0 Å². The minimum Gasteiger partial charge on any atom is -0.380 e. The lowest BCUT2D eigenvalue weighted by Gasteiger charge is -2.39. The third kappa shape index (κ3) is 2.40. The number of piperidine rings is 1. The van der Waals surface area contributed by atoms with Gasteiger partial charge in [0.15, 0.2) is 0 Å². The molecule has 3 atom stereocenters. The molecule has 0 aromatic carbocycles. The number of likely N-dealkylation sites (tertiary alicyclic amines) is 1. The first-order chi connectivity index (χ1) is 7.20. The van der Waals surface area contributed by atoms with E-state index < -0.39 is 0 Å². The fraction of sp³-hybridized carbons (Fsp3) is 0.917. The number of ketones is 1. The quantitative estimate of drug-likeness (QED) is 0.692. The van der Waals surface area contributed by atoms with Gasteiger partial charge in [-0.05, 0) is 25.3 Å². The molecule has 2 fully saturated rings. The Hall–Kier alpha value is -0.410. The standard InChI is InChI=1S/C12H21NO2/c1-9-5-6-13(8-12(9)15-2)10-3-4-11(14)7-10/h9-10,12H,3-8H2,1-2H3. The summed E-state index contributed by atoms with van der Waals surface area (Å²) in [4.78, 5) is 13.7. The highest BCUT2D eigenvalue weighted by Gasteiger charge is 2.33. The molecule has 0 spiro atoms. The maximum atomic E-state index is 11.3. The number of hydrogen-bond donors (Lipinski definition) is 0. The second-order valence-corrected chi connectivity index (χ2v) is 4.97. The van der Waals surface area contributed by atoms with E-state index in [4.69, 9.17) is 4.74 Å². The largest absolute Gasteiger partial charge is 0.380 e. The van der Waals surface area contributed by atoms with Gasteiger partial charge in [-0.2, -0.15) is 0 Å². The van der Waals surface area contributed by atoms with Gasteiger partial charge in [-0.1, -0.05) is 6.92 Å². The van der Waals surface area contributed by atoms with E-state index in [0.29, 0.717) is 23.8 Å². The van der Waals surface area contributed by atoms with Crippen LogP contribution in [0.15, 0.2) is 0 Å². The molecule has 3 heteroatoms. The molecule has 0 bridgehead atoms. The molecule has 2 aliphatic rings. The molecule has 1 saturated carbocycles. The zero-order valence-electron chi connectivity index (χ0n) is 9.74. The van der Waals surface area contributed by atoms with Crippen molar-refractivity contribution in [1.82, 2.24) is 4.90 Å². The fourth-order valence-corrected chi connectivity index (χ4v) is 2.80. The molecule has 1 aliphatic carbocycles. The van der Waals surface area contributed by atoms with Gasteiger partial charge in [-0.3, -0.25) is 9.69 Å². The van der Waals surface area contributed by atoms with Crippen molar-refractivity contribution in [2.24, 2.45) is 5.92 Å². The summed E-state index contributed by atoms with van der Waals surface area (Å²) < 4.78 is 5.49. The Morgan fingerprint density at radius 3 is 2.80 bits per heavy atom. The molecule has 1 aliphatic heterocycles. The molecule has 0 radical (unpaired) electrons. The third-order valence-electron chi connectivity index (χ3n) is 3.96. The van der Waals surface area contributed by atoms with Crippen LogP contribution in [0.2, 0.25) is 0 Å². The highest BCUT2D eigenvalue weighted by atomic mass is 16.5. The molecule has 1 saturated heterocycles. The smallest absolute Gasteiger partial charge is 0.134 e. The van der Waals surface area contributed by atoms with Crippen LogP contribution < -0.4 is 0 Å². The topological polar surface area (TPSA) is 29.5 Å². The summed E-state index contributed by atoms with van der Waals surface area (Å²) >= 11 is 0. The van der Waals surface area contributed by atoms with E-state index in [9.17, 15) is 4.79 Å². The van der Waals surface area contributed by atoms with E-state index >= 15 is 0 Å². The first-order valence-electron chi connectivity index (χ1n) is 5.99. The molecule has 3 unspecified atom stereocenters. The number of hydrogen-bond acceptors (Lipinski definition) is 3. The van der Waals surface area contributed by atoms with Crippen LogP contribution in [-0.2, 0) is 9.53 Å². The van der Waals surface area contributed by atoms with Crippen LogP contribution in [0.1, 0.15) is 32.6 Å². The van der Waals surface area contributed by atoms with Gasteiger partial charge in [0.05, 0.1) is 6.10 Å². The van der Waals surface area contributed by atoms with Crippen LogP contribution >= 0.6 is 0 Å². The van der Waals surface area contributed by atoms with Crippen molar-refractivity contribution < 1.29 is 9.53 Å². The molecule has 0 aromatic heterocycles. The van der Waals surface area contributed by atoms with Crippen molar-refractivity contribution in [2.75, 3.05) is 20.2 Å². The number of ether oxygens (including phenoxy) is 1. The Morgan fingerprint density at radius 2 is 2.20 bits per heavy atom. The van der Waals surface area contributed by atoms with E-state index in [1.807, 2.05) is 0 Å². The highest BCUT2D eigenvalue weighted by Crippen LogP contribution is 2.27. The second-order valence-electron chi connectivity index (χ2n) is 4.97. The van der Waals surface area contributed by atoms with Crippen molar-refractivity contribution in [3.8, 4) is 0 Å². The molecule has 1 heterocycles. The molecular weight excluding hydrogens is 190 g/mol. The Balaban J connectivity index is 1.91. The summed E-state index contributed by atoms with van der Waals surface area (Å²) in [5.41, 5.74) is 0. The highest BCUT2D eigenvalue weighted by molar-refractivity contribution is 5.81. The zero-order chi connectivity index (χ0) is 10.8. The predicted octanol–water partition coefficient (Wildman–Crippen LogP) is 1.46. The molecule has 2 rings (SSSR count). The van der Waals surface area contributed by atoms with Gasteiger partial charge in [0, 0.05) is 32.5 Å². The van der Waals surface area contributed by atoms with E-state index in [-0.39, 0.29) is 0 Å². The maximum Gasteiger partial charge on any atom is 0.134 e. The molecule has 0 N–H and O–H groups in total. The summed E-state index contributed by atoms with van der Waals surface area (Å²) in [6, 6.07) is 0.502. The SMILES string of the molecule is COC1CN(C2CCC(=O)C2)CCC1C. The van der Waals surface area contributed by atoms with Crippen molar-refractivity contribution in [1.29, 1.82) is 0 Å². The van der Waals surface area contributed by atoms with Gasteiger partial charge in [0.1, 0.15) is 5.78 Å². The van der Waals surface area contributed by atoms with Crippen LogP contribution in [0.4, 0.5) is 0 Å². The summed E-state index contributed by atoms with van der Waals surface area (Å²) in [5, 5.41) is 0.